The molecule has 1 unspecified atom stereocenters. The Kier molecular flexibility index (Phi) is 4.12. The number of alkyl halides is 3. The molecule has 0 aliphatic carbocycles. The van der Waals surface area contributed by atoms with Crippen LogP contribution in [-0.4, -0.2) is 37.3 Å². The molecule has 0 bridgehead atoms. The first kappa shape index (κ1) is 16.2. The van der Waals surface area contributed by atoms with Gasteiger partial charge in [0.25, 0.3) is 0 Å². The zero-order chi connectivity index (χ0) is 17.3. The zero-order valence-corrected chi connectivity index (χ0v) is 12.6. The molecule has 1 atom stereocenters. The molecule has 0 radical (unpaired) electrons. The summed E-state index contributed by atoms with van der Waals surface area (Å²) in [6.07, 6.45) is -1.87. The van der Waals surface area contributed by atoms with Gasteiger partial charge in [-0.1, -0.05) is 0 Å². The summed E-state index contributed by atoms with van der Waals surface area (Å²) < 4.78 is 38.7. The van der Waals surface area contributed by atoms with Gasteiger partial charge in [0.2, 0.25) is 5.91 Å². The molecule has 2 aromatic rings. The fourth-order valence-corrected chi connectivity index (χ4v) is 2.73. The van der Waals surface area contributed by atoms with Crippen LogP contribution in [0.1, 0.15) is 30.3 Å². The molecular formula is C14H15F3N6O. The molecule has 7 nitrogen and oxygen atoms in total. The van der Waals surface area contributed by atoms with Crippen LogP contribution in [-0.2, 0) is 17.5 Å². The number of carbonyl (C=O) groups is 1. The monoisotopic (exact) mass is 340 g/mol. The maximum atomic E-state index is 12.6. The van der Waals surface area contributed by atoms with Gasteiger partial charge in [-0.15, -0.1) is 5.10 Å². The van der Waals surface area contributed by atoms with Crippen molar-refractivity contribution < 1.29 is 18.0 Å². The molecule has 2 aromatic heterocycles. The topological polar surface area (TPSA) is 89.9 Å². The number of nitrogens with two attached hydrogens (primary N) is 1. The van der Waals surface area contributed by atoms with Crippen LogP contribution >= 0.6 is 0 Å². The quantitative estimate of drug-likeness (QED) is 0.917. The lowest BCUT2D eigenvalue weighted by molar-refractivity contribution is -0.142. The molecule has 0 aromatic carbocycles. The molecule has 2 N–H and O–H groups in total. The van der Waals surface area contributed by atoms with Crippen molar-refractivity contribution in [1.82, 2.24) is 24.9 Å². The van der Waals surface area contributed by atoms with E-state index in [1.54, 1.807) is 17.0 Å². The van der Waals surface area contributed by atoms with Crippen LogP contribution in [0.25, 0.3) is 0 Å². The third-order valence-electron chi connectivity index (χ3n) is 3.85. The van der Waals surface area contributed by atoms with E-state index in [0.29, 0.717) is 12.2 Å². The largest absolute Gasteiger partial charge is 0.435 e. The molecule has 1 fully saturated rings. The Morgan fingerprint density at radius 3 is 2.71 bits per heavy atom. The molecule has 128 valence electrons. The molecule has 0 spiro atoms. The van der Waals surface area contributed by atoms with E-state index < -0.39 is 11.9 Å². The normalized spacial score (nSPS) is 18.1. The van der Waals surface area contributed by atoms with Crippen LogP contribution in [0.2, 0.25) is 0 Å². The van der Waals surface area contributed by atoms with Gasteiger partial charge in [0, 0.05) is 12.7 Å². The lowest BCUT2D eigenvalue weighted by Crippen LogP contribution is -2.34. The van der Waals surface area contributed by atoms with E-state index in [1.165, 1.54) is 0 Å². The minimum atomic E-state index is -4.52. The summed E-state index contributed by atoms with van der Waals surface area (Å²) in [7, 11) is 0. The first-order valence-electron chi connectivity index (χ1n) is 7.34. The van der Waals surface area contributed by atoms with Gasteiger partial charge in [-0.2, -0.15) is 23.4 Å². The maximum absolute atomic E-state index is 12.6. The molecule has 0 saturated carbocycles. The summed E-state index contributed by atoms with van der Waals surface area (Å²) >= 11 is 0. The Morgan fingerprint density at radius 2 is 2.08 bits per heavy atom. The van der Waals surface area contributed by atoms with Gasteiger partial charge in [-0.05, 0) is 31.0 Å². The number of carbonyl (C=O) groups excluding carboxylic acids is 1. The van der Waals surface area contributed by atoms with Gasteiger partial charge < -0.3 is 10.6 Å². The van der Waals surface area contributed by atoms with E-state index in [-0.39, 0.29) is 24.3 Å². The second-order valence-corrected chi connectivity index (χ2v) is 5.52. The lowest BCUT2D eigenvalue weighted by atomic mass is 10.1. The first-order chi connectivity index (χ1) is 11.3. The van der Waals surface area contributed by atoms with Gasteiger partial charge in [-0.3, -0.25) is 9.48 Å². The average molecular weight is 340 g/mol. The summed E-state index contributed by atoms with van der Waals surface area (Å²) in [6.45, 7) is 0.262. The first-order valence-corrected chi connectivity index (χ1v) is 7.34. The standard InChI is InChI=1S/C14H15F3N6O/c15-14(16,17)11-5-7-22(21-11)8-13(24)23-6-1-2-10(23)9-3-4-12(18)20-19-9/h3-5,7,10H,1-2,6,8H2,(H2,18,20). The van der Waals surface area contributed by atoms with Gasteiger partial charge in [0.1, 0.15) is 12.4 Å². The smallest absolute Gasteiger partial charge is 0.382 e. The number of nitrogens with zero attached hydrogens (tertiary/aromatic N) is 5. The van der Waals surface area contributed by atoms with E-state index in [4.69, 9.17) is 5.73 Å². The number of rotatable bonds is 3. The van der Waals surface area contributed by atoms with Crippen molar-refractivity contribution in [2.75, 3.05) is 12.3 Å². The molecule has 3 rings (SSSR count). The van der Waals surface area contributed by atoms with Gasteiger partial charge in [-0.25, -0.2) is 0 Å². The van der Waals surface area contributed by atoms with E-state index in [0.717, 1.165) is 29.8 Å². The van der Waals surface area contributed by atoms with Crippen molar-refractivity contribution in [3.63, 3.8) is 0 Å². The Hall–Kier alpha value is -2.65. The second-order valence-electron chi connectivity index (χ2n) is 5.52. The highest BCUT2D eigenvalue weighted by atomic mass is 19.4. The van der Waals surface area contributed by atoms with E-state index in [1.807, 2.05) is 0 Å². The molecular weight excluding hydrogens is 325 g/mol. The highest BCUT2D eigenvalue weighted by Crippen LogP contribution is 2.31. The average Bonchev–Trinajstić information content (AvgIpc) is 3.16. The van der Waals surface area contributed by atoms with Crippen molar-refractivity contribution in [2.24, 2.45) is 0 Å². The predicted octanol–water partition coefficient (Wildman–Crippen LogP) is 1.64. The molecule has 1 saturated heterocycles. The minimum Gasteiger partial charge on any atom is -0.382 e. The fourth-order valence-electron chi connectivity index (χ4n) is 2.73. The minimum absolute atomic E-state index is 0.247. The van der Waals surface area contributed by atoms with Crippen LogP contribution in [0.5, 0.6) is 0 Å². The van der Waals surface area contributed by atoms with Crippen LogP contribution in [0.15, 0.2) is 24.4 Å². The highest BCUT2D eigenvalue weighted by Gasteiger charge is 2.35. The Balaban J connectivity index is 1.72. The second kappa shape index (κ2) is 6.10. The van der Waals surface area contributed by atoms with E-state index >= 15 is 0 Å². The molecule has 1 aliphatic heterocycles. The zero-order valence-electron chi connectivity index (χ0n) is 12.6. The summed E-state index contributed by atoms with van der Waals surface area (Å²) in [5, 5.41) is 11.2. The van der Waals surface area contributed by atoms with Crippen molar-refractivity contribution in [1.29, 1.82) is 0 Å². The molecule has 1 amide bonds. The summed E-state index contributed by atoms with van der Waals surface area (Å²) in [5.41, 5.74) is 5.10. The number of nitrogen functional groups attached to an aromatic ring is 1. The molecule has 3 heterocycles. The lowest BCUT2D eigenvalue weighted by Gasteiger charge is -2.24. The maximum Gasteiger partial charge on any atom is 0.435 e. The highest BCUT2D eigenvalue weighted by molar-refractivity contribution is 5.76. The molecule has 10 heteroatoms. The Morgan fingerprint density at radius 1 is 1.29 bits per heavy atom. The number of likely N-dealkylation sites (tertiary alicyclic amines) is 1. The third-order valence-corrected chi connectivity index (χ3v) is 3.85. The predicted molar refractivity (Wildman–Crippen MR) is 77.4 cm³/mol. The van der Waals surface area contributed by atoms with E-state index in [2.05, 4.69) is 15.3 Å². The van der Waals surface area contributed by atoms with E-state index in [9.17, 15) is 18.0 Å². The van der Waals surface area contributed by atoms with Crippen molar-refractivity contribution in [3.8, 4) is 0 Å². The number of anilines is 1. The Labute approximate surface area is 135 Å². The summed E-state index contributed by atoms with van der Waals surface area (Å²) in [5.74, 6) is -0.0289. The van der Waals surface area contributed by atoms with Gasteiger partial charge >= 0.3 is 6.18 Å². The fraction of sp³-hybridized carbons (Fsp3) is 0.429. The Bertz CT molecular complexity index is 727. The number of hydrogen-bond donors (Lipinski definition) is 1. The van der Waals surface area contributed by atoms with Crippen molar-refractivity contribution >= 4 is 11.7 Å². The molecule has 24 heavy (non-hydrogen) atoms. The third kappa shape index (κ3) is 3.31. The van der Waals surface area contributed by atoms with Crippen LogP contribution < -0.4 is 5.73 Å². The number of halogens is 3. The van der Waals surface area contributed by atoms with Crippen molar-refractivity contribution in [3.05, 3.63) is 35.8 Å². The van der Waals surface area contributed by atoms with Gasteiger partial charge in [0.05, 0.1) is 11.7 Å². The number of hydrogen-bond acceptors (Lipinski definition) is 5. The summed E-state index contributed by atoms with van der Waals surface area (Å²) in [4.78, 5) is 14.0. The SMILES string of the molecule is Nc1ccc(C2CCCN2C(=O)Cn2ccc(C(F)(F)F)n2)nn1. The van der Waals surface area contributed by atoms with Crippen LogP contribution in [0.3, 0.4) is 0 Å². The molecule has 1 aliphatic rings. The van der Waals surface area contributed by atoms with Crippen molar-refractivity contribution in [2.45, 2.75) is 31.6 Å². The summed E-state index contributed by atoms with van der Waals surface area (Å²) in [6, 6.07) is 3.91. The van der Waals surface area contributed by atoms with Crippen LogP contribution in [0, 0.1) is 0 Å². The number of aromatic nitrogens is 4. The van der Waals surface area contributed by atoms with Gasteiger partial charge in [0.15, 0.2) is 5.69 Å². The number of amides is 1. The van der Waals surface area contributed by atoms with Crippen LogP contribution in [0.4, 0.5) is 19.0 Å².